The van der Waals surface area contributed by atoms with Crippen LogP contribution in [0.2, 0.25) is 0 Å². The normalized spacial score (nSPS) is 16.3. The van der Waals surface area contributed by atoms with Crippen molar-refractivity contribution in [3.63, 3.8) is 0 Å². The van der Waals surface area contributed by atoms with Crippen molar-refractivity contribution in [3.05, 3.63) is 95.1 Å². The number of anilines is 2. The van der Waals surface area contributed by atoms with Gasteiger partial charge in [0.1, 0.15) is 12.7 Å². The first-order valence-electron chi connectivity index (χ1n) is 9.98. The number of fused-ring (bicyclic) bond motifs is 5. The van der Waals surface area contributed by atoms with Crippen LogP contribution in [0.4, 0.5) is 11.4 Å². The summed E-state index contributed by atoms with van der Waals surface area (Å²) in [4.78, 5) is 53.5. The Kier molecular flexibility index (Phi) is 4.48. The van der Waals surface area contributed by atoms with Gasteiger partial charge in [-0.15, -0.1) is 0 Å². The summed E-state index contributed by atoms with van der Waals surface area (Å²) in [6.07, 6.45) is -0.705. The fourth-order valence-electron chi connectivity index (χ4n) is 4.21. The van der Waals surface area contributed by atoms with Gasteiger partial charge < -0.3 is 16.0 Å². The number of carbonyl (C=O) groups is 4. The Hall–Kier alpha value is -4.46. The summed E-state index contributed by atoms with van der Waals surface area (Å²) in [5.74, 6) is -1.53. The number of rotatable bonds is 4. The van der Waals surface area contributed by atoms with Crippen molar-refractivity contribution in [2.45, 2.75) is 6.17 Å². The van der Waals surface area contributed by atoms with Gasteiger partial charge in [0.05, 0.1) is 11.3 Å². The van der Waals surface area contributed by atoms with Crippen LogP contribution < -0.4 is 16.0 Å². The van der Waals surface area contributed by atoms with Crippen molar-refractivity contribution in [2.75, 3.05) is 16.8 Å². The zero-order valence-electron chi connectivity index (χ0n) is 16.8. The highest BCUT2D eigenvalue weighted by Crippen LogP contribution is 2.44. The van der Waals surface area contributed by atoms with Gasteiger partial charge >= 0.3 is 0 Å². The average molecular weight is 426 g/mol. The molecule has 0 spiro atoms. The minimum atomic E-state index is -0.705. The number of para-hydroxylation sites is 1. The molecule has 8 heteroatoms. The predicted molar refractivity (Wildman–Crippen MR) is 117 cm³/mol. The molecule has 2 heterocycles. The van der Waals surface area contributed by atoms with Gasteiger partial charge in [-0.3, -0.25) is 24.1 Å². The molecule has 0 saturated heterocycles. The number of hydrogen-bond donors (Lipinski definition) is 2. The number of hydrogen-bond acceptors (Lipinski definition) is 4. The van der Waals surface area contributed by atoms with Crippen molar-refractivity contribution in [3.8, 4) is 0 Å². The van der Waals surface area contributed by atoms with E-state index in [2.05, 4.69) is 5.32 Å². The number of amides is 4. The van der Waals surface area contributed by atoms with Crippen LogP contribution >= 0.6 is 0 Å². The molecule has 158 valence electrons. The fraction of sp³-hybridized carbons (Fsp3) is 0.0833. The summed E-state index contributed by atoms with van der Waals surface area (Å²) < 4.78 is 0. The van der Waals surface area contributed by atoms with Gasteiger partial charge in [0.25, 0.3) is 11.8 Å². The summed E-state index contributed by atoms with van der Waals surface area (Å²) in [5, 5.41) is 2.73. The van der Waals surface area contributed by atoms with Crippen molar-refractivity contribution >= 4 is 35.0 Å². The van der Waals surface area contributed by atoms with Gasteiger partial charge in [0.15, 0.2) is 0 Å². The highest BCUT2D eigenvalue weighted by Gasteiger charge is 2.48. The van der Waals surface area contributed by atoms with Gasteiger partial charge in [0, 0.05) is 22.4 Å². The van der Waals surface area contributed by atoms with E-state index in [0.29, 0.717) is 33.6 Å². The van der Waals surface area contributed by atoms with Crippen molar-refractivity contribution in [2.24, 2.45) is 5.73 Å². The maximum atomic E-state index is 13.3. The largest absolute Gasteiger partial charge is 0.366 e. The molecule has 0 aromatic heterocycles. The molecule has 0 unspecified atom stereocenters. The third kappa shape index (κ3) is 3.01. The number of nitrogens with one attached hydrogen (secondary N) is 1. The first-order chi connectivity index (χ1) is 15.5. The standard InChI is InChI=1S/C24H18N4O4/c25-21(30)14-9-11-15(12-10-14)26-20(29)13-27-22-16-5-1-2-6-17(16)24(32)28(22)19-8-4-3-7-18(19)23(27)31/h1-12,22H,13H2,(H2,25,30)(H,26,29)/t22-/m1/s1. The average Bonchev–Trinajstić information content (AvgIpc) is 3.10. The second-order valence-electron chi connectivity index (χ2n) is 7.58. The van der Waals surface area contributed by atoms with Crippen LogP contribution in [-0.4, -0.2) is 35.1 Å². The third-order valence-corrected chi connectivity index (χ3v) is 5.65. The smallest absolute Gasteiger partial charge is 0.260 e. The monoisotopic (exact) mass is 426 g/mol. The first kappa shape index (κ1) is 19.5. The molecule has 0 fully saturated rings. The van der Waals surface area contributed by atoms with Crippen LogP contribution in [0.25, 0.3) is 0 Å². The second kappa shape index (κ2) is 7.35. The summed E-state index contributed by atoms with van der Waals surface area (Å²) in [6, 6.07) is 20.1. The van der Waals surface area contributed by atoms with Gasteiger partial charge in [-0.1, -0.05) is 30.3 Å². The van der Waals surface area contributed by atoms with Gasteiger partial charge in [-0.2, -0.15) is 0 Å². The van der Waals surface area contributed by atoms with E-state index >= 15 is 0 Å². The van der Waals surface area contributed by atoms with Crippen LogP contribution in [0.3, 0.4) is 0 Å². The SMILES string of the molecule is NC(=O)c1ccc(NC(=O)CN2C(=O)c3ccccc3N3C(=O)c4ccccc4[C@H]23)cc1. The Morgan fingerprint density at radius 1 is 0.844 bits per heavy atom. The number of primary amides is 1. The third-order valence-electron chi connectivity index (χ3n) is 5.65. The van der Waals surface area contributed by atoms with E-state index in [9.17, 15) is 19.2 Å². The molecule has 0 radical (unpaired) electrons. The zero-order valence-corrected chi connectivity index (χ0v) is 16.8. The van der Waals surface area contributed by atoms with Crippen LogP contribution in [-0.2, 0) is 4.79 Å². The maximum absolute atomic E-state index is 13.3. The molecular formula is C24H18N4O4. The Balaban J connectivity index is 1.48. The van der Waals surface area contributed by atoms with E-state index < -0.39 is 18.0 Å². The Morgan fingerprint density at radius 3 is 2.22 bits per heavy atom. The number of benzene rings is 3. The van der Waals surface area contributed by atoms with E-state index in [1.165, 1.54) is 17.0 Å². The zero-order chi connectivity index (χ0) is 22.4. The van der Waals surface area contributed by atoms with E-state index in [0.717, 1.165) is 0 Å². The first-order valence-corrected chi connectivity index (χ1v) is 9.98. The lowest BCUT2D eigenvalue weighted by Gasteiger charge is -2.40. The minimum Gasteiger partial charge on any atom is -0.366 e. The number of nitrogens with two attached hydrogens (primary N) is 1. The van der Waals surface area contributed by atoms with E-state index in [4.69, 9.17) is 5.73 Å². The lowest BCUT2D eigenvalue weighted by Crippen LogP contribution is -2.50. The molecule has 2 aliphatic heterocycles. The Bertz CT molecular complexity index is 1290. The van der Waals surface area contributed by atoms with Gasteiger partial charge in [-0.05, 0) is 42.5 Å². The molecule has 0 saturated carbocycles. The van der Waals surface area contributed by atoms with Crippen molar-refractivity contribution in [1.29, 1.82) is 0 Å². The molecule has 5 rings (SSSR count). The van der Waals surface area contributed by atoms with Crippen LogP contribution in [0.5, 0.6) is 0 Å². The summed E-state index contributed by atoms with van der Waals surface area (Å²) >= 11 is 0. The summed E-state index contributed by atoms with van der Waals surface area (Å²) in [6.45, 7) is -0.256. The predicted octanol–water partition coefficient (Wildman–Crippen LogP) is 2.54. The van der Waals surface area contributed by atoms with E-state index in [1.54, 1.807) is 65.6 Å². The minimum absolute atomic E-state index is 0.210. The Labute approximate surface area is 183 Å². The number of carbonyl (C=O) groups excluding carboxylic acids is 4. The lowest BCUT2D eigenvalue weighted by atomic mass is 10.0. The molecule has 4 amide bonds. The molecule has 0 aliphatic carbocycles. The maximum Gasteiger partial charge on any atom is 0.260 e. The molecule has 0 bridgehead atoms. The molecule has 3 N–H and O–H groups in total. The molecule has 3 aromatic carbocycles. The highest BCUT2D eigenvalue weighted by molar-refractivity contribution is 6.17. The lowest BCUT2D eigenvalue weighted by molar-refractivity contribution is -0.117. The van der Waals surface area contributed by atoms with Crippen molar-refractivity contribution in [1.82, 2.24) is 4.90 Å². The van der Waals surface area contributed by atoms with Gasteiger partial charge in [0.2, 0.25) is 11.8 Å². The van der Waals surface area contributed by atoms with Crippen LogP contribution in [0.1, 0.15) is 42.8 Å². The summed E-state index contributed by atoms with van der Waals surface area (Å²) in [7, 11) is 0. The quantitative estimate of drug-likeness (QED) is 0.667. The molecule has 3 aromatic rings. The van der Waals surface area contributed by atoms with Crippen LogP contribution in [0.15, 0.2) is 72.8 Å². The fourth-order valence-corrected chi connectivity index (χ4v) is 4.21. The molecule has 8 nitrogen and oxygen atoms in total. The molecule has 1 atom stereocenters. The molecule has 32 heavy (non-hydrogen) atoms. The van der Waals surface area contributed by atoms with Gasteiger partial charge in [-0.25, -0.2) is 0 Å². The highest BCUT2D eigenvalue weighted by atomic mass is 16.2. The molecule has 2 aliphatic rings. The van der Waals surface area contributed by atoms with E-state index in [-0.39, 0.29) is 18.4 Å². The Morgan fingerprint density at radius 2 is 1.50 bits per heavy atom. The van der Waals surface area contributed by atoms with Crippen LogP contribution in [0, 0.1) is 0 Å². The van der Waals surface area contributed by atoms with E-state index in [1.807, 2.05) is 0 Å². The summed E-state index contributed by atoms with van der Waals surface area (Å²) in [5.41, 5.74) is 8.11. The number of nitrogens with zero attached hydrogens (tertiary/aromatic N) is 2. The second-order valence-corrected chi connectivity index (χ2v) is 7.58. The molecular weight excluding hydrogens is 408 g/mol. The van der Waals surface area contributed by atoms with Crippen molar-refractivity contribution < 1.29 is 19.2 Å². The topological polar surface area (TPSA) is 113 Å².